The van der Waals surface area contributed by atoms with E-state index in [1.807, 2.05) is 24.3 Å². The predicted octanol–water partition coefficient (Wildman–Crippen LogP) is 3.20. The first-order chi connectivity index (χ1) is 13.0. The van der Waals surface area contributed by atoms with Crippen LogP contribution in [0.5, 0.6) is 5.75 Å². The SMILES string of the molecule is CC(=O)c1ccc(NC(=O)/C=C(\C)C(=O)N2CCOc3ccccc32)cc1. The number of hydrogen-bond acceptors (Lipinski definition) is 4. The quantitative estimate of drug-likeness (QED) is 0.668. The molecule has 0 aromatic heterocycles. The second-order valence-electron chi connectivity index (χ2n) is 6.22. The molecule has 1 N–H and O–H groups in total. The number of carbonyl (C=O) groups is 3. The standard InChI is InChI=1S/C21H20N2O4/c1-14(13-20(25)22-17-9-7-16(8-10-17)15(2)24)21(26)23-11-12-27-19-6-4-3-5-18(19)23/h3-10,13H,11-12H2,1-2H3,(H,22,25)/b14-13+. The van der Waals surface area contributed by atoms with Crippen LogP contribution in [-0.4, -0.2) is 30.7 Å². The van der Waals surface area contributed by atoms with Crippen molar-refractivity contribution in [2.24, 2.45) is 0 Å². The fraction of sp³-hybridized carbons (Fsp3) is 0.190. The number of nitrogens with one attached hydrogen (secondary N) is 1. The van der Waals surface area contributed by atoms with Crippen LogP contribution in [-0.2, 0) is 9.59 Å². The van der Waals surface area contributed by atoms with Crippen LogP contribution in [0.3, 0.4) is 0 Å². The molecule has 0 aliphatic carbocycles. The molecule has 0 saturated heterocycles. The highest BCUT2D eigenvalue weighted by atomic mass is 16.5. The van der Waals surface area contributed by atoms with Crippen LogP contribution in [0, 0.1) is 0 Å². The number of hydrogen-bond donors (Lipinski definition) is 1. The maximum Gasteiger partial charge on any atom is 0.254 e. The van der Waals surface area contributed by atoms with E-state index in [1.54, 1.807) is 36.1 Å². The number of para-hydroxylation sites is 2. The third-order valence-corrected chi connectivity index (χ3v) is 4.22. The van der Waals surface area contributed by atoms with Crippen molar-refractivity contribution in [3.63, 3.8) is 0 Å². The lowest BCUT2D eigenvalue weighted by molar-refractivity contribution is -0.116. The first-order valence-electron chi connectivity index (χ1n) is 8.59. The van der Waals surface area contributed by atoms with Gasteiger partial charge in [0, 0.05) is 22.9 Å². The molecule has 0 atom stereocenters. The topological polar surface area (TPSA) is 75.7 Å². The maximum atomic E-state index is 12.8. The molecule has 6 nitrogen and oxygen atoms in total. The summed E-state index contributed by atoms with van der Waals surface area (Å²) in [5.74, 6) is -0.0364. The van der Waals surface area contributed by atoms with Gasteiger partial charge in [-0.05, 0) is 50.2 Å². The molecule has 0 spiro atoms. The Kier molecular flexibility index (Phi) is 5.35. The lowest BCUT2D eigenvalue weighted by Crippen LogP contribution is -2.38. The lowest BCUT2D eigenvalue weighted by Gasteiger charge is -2.29. The number of nitrogens with zero attached hydrogens (tertiary/aromatic N) is 1. The van der Waals surface area contributed by atoms with Crippen LogP contribution in [0.25, 0.3) is 0 Å². The Bertz CT molecular complexity index is 916. The van der Waals surface area contributed by atoms with Crippen molar-refractivity contribution in [3.8, 4) is 5.75 Å². The predicted molar refractivity (Wildman–Crippen MR) is 103 cm³/mol. The molecule has 0 fully saturated rings. The summed E-state index contributed by atoms with van der Waals surface area (Å²) in [6.07, 6.45) is 1.28. The van der Waals surface area contributed by atoms with Crippen molar-refractivity contribution >= 4 is 29.0 Å². The zero-order valence-corrected chi connectivity index (χ0v) is 15.2. The Labute approximate surface area is 157 Å². The van der Waals surface area contributed by atoms with Gasteiger partial charge in [-0.1, -0.05) is 12.1 Å². The molecule has 1 heterocycles. The summed E-state index contributed by atoms with van der Waals surface area (Å²) < 4.78 is 5.55. The average Bonchev–Trinajstić information content (AvgIpc) is 2.67. The summed E-state index contributed by atoms with van der Waals surface area (Å²) in [5, 5.41) is 2.69. The Morgan fingerprint density at radius 1 is 1.04 bits per heavy atom. The summed E-state index contributed by atoms with van der Waals surface area (Å²) in [6, 6.07) is 13.9. The van der Waals surface area contributed by atoms with Crippen LogP contribution < -0.4 is 15.0 Å². The van der Waals surface area contributed by atoms with E-state index in [9.17, 15) is 14.4 Å². The van der Waals surface area contributed by atoms with Crippen molar-refractivity contribution in [1.82, 2.24) is 0 Å². The Morgan fingerprint density at radius 2 is 1.74 bits per heavy atom. The second kappa shape index (κ2) is 7.86. The molecule has 3 rings (SSSR count). The Hall–Kier alpha value is -3.41. The van der Waals surface area contributed by atoms with E-state index in [2.05, 4.69) is 5.32 Å². The molecule has 0 saturated carbocycles. The van der Waals surface area contributed by atoms with E-state index in [0.717, 1.165) is 0 Å². The van der Waals surface area contributed by atoms with E-state index in [1.165, 1.54) is 13.0 Å². The van der Waals surface area contributed by atoms with Gasteiger partial charge in [0.25, 0.3) is 5.91 Å². The van der Waals surface area contributed by atoms with Gasteiger partial charge in [0.05, 0.1) is 12.2 Å². The van der Waals surface area contributed by atoms with Gasteiger partial charge in [-0.3, -0.25) is 14.4 Å². The van der Waals surface area contributed by atoms with Gasteiger partial charge in [0.15, 0.2) is 5.78 Å². The van der Waals surface area contributed by atoms with Crippen molar-refractivity contribution < 1.29 is 19.1 Å². The zero-order valence-electron chi connectivity index (χ0n) is 15.2. The maximum absolute atomic E-state index is 12.8. The van der Waals surface area contributed by atoms with Crippen LogP contribution in [0.2, 0.25) is 0 Å². The number of Topliss-reactive ketones (excluding diaryl/α,β-unsaturated/α-hetero) is 1. The average molecular weight is 364 g/mol. The van der Waals surface area contributed by atoms with Crippen LogP contribution in [0.15, 0.2) is 60.2 Å². The fourth-order valence-corrected chi connectivity index (χ4v) is 2.82. The Morgan fingerprint density at radius 3 is 2.44 bits per heavy atom. The number of ether oxygens (including phenoxy) is 1. The van der Waals surface area contributed by atoms with Crippen LogP contribution >= 0.6 is 0 Å². The van der Waals surface area contributed by atoms with E-state index in [0.29, 0.717) is 41.4 Å². The lowest BCUT2D eigenvalue weighted by atomic mass is 10.1. The Balaban J connectivity index is 1.70. The first kappa shape index (κ1) is 18.4. The van der Waals surface area contributed by atoms with E-state index >= 15 is 0 Å². The van der Waals surface area contributed by atoms with Gasteiger partial charge < -0.3 is 15.0 Å². The molecule has 138 valence electrons. The van der Waals surface area contributed by atoms with Crippen molar-refractivity contribution in [1.29, 1.82) is 0 Å². The highest BCUT2D eigenvalue weighted by molar-refractivity contribution is 6.11. The number of fused-ring (bicyclic) bond motifs is 1. The number of benzene rings is 2. The summed E-state index contributed by atoms with van der Waals surface area (Å²) in [7, 11) is 0. The van der Waals surface area contributed by atoms with E-state index in [4.69, 9.17) is 4.74 Å². The van der Waals surface area contributed by atoms with Gasteiger partial charge >= 0.3 is 0 Å². The van der Waals surface area contributed by atoms with Crippen LogP contribution in [0.4, 0.5) is 11.4 Å². The molecule has 27 heavy (non-hydrogen) atoms. The normalized spacial score (nSPS) is 13.4. The minimum Gasteiger partial charge on any atom is -0.490 e. The molecule has 0 radical (unpaired) electrons. The molecule has 0 bridgehead atoms. The molecule has 6 heteroatoms. The summed E-state index contributed by atoms with van der Waals surface area (Å²) in [5.41, 5.74) is 2.14. The minimum absolute atomic E-state index is 0.0417. The van der Waals surface area contributed by atoms with Crippen molar-refractivity contribution in [2.45, 2.75) is 13.8 Å². The van der Waals surface area contributed by atoms with E-state index < -0.39 is 5.91 Å². The molecular weight excluding hydrogens is 344 g/mol. The third-order valence-electron chi connectivity index (χ3n) is 4.22. The molecular formula is C21H20N2O4. The molecule has 2 aromatic carbocycles. The van der Waals surface area contributed by atoms with Gasteiger partial charge in [0.2, 0.25) is 5.91 Å². The smallest absolute Gasteiger partial charge is 0.254 e. The van der Waals surface area contributed by atoms with Gasteiger partial charge in [-0.2, -0.15) is 0 Å². The molecule has 2 amide bonds. The number of amides is 2. The fourth-order valence-electron chi connectivity index (χ4n) is 2.82. The van der Waals surface area contributed by atoms with Crippen molar-refractivity contribution in [3.05, 3.63) is 65.7 Å². The molecule has 2 aromatic rings. The van der Waals surface area contributed by atoms with E-state index in [-0.39, 0.29) is 11.7 Å². The van der Waals surface area contributed by atoms with Crippen LogP contribution in [0.1, 0.15) is 24.2 Å². The van der Waals surface area contributed by atoms with Gasteiger partial charge in [0.1, 0.15) is 12.4 Å². The van der Waals surface area contributed by atoms with Crippen molar-refractivity contribution in [2.75, 3.05) is 23.4 Å². The number of ketones is 1. The third kappa shape index (κ3) is 4.23. The summed E-state index contributed by atoms with van der Waals surface area (Å²) in [4.78, 5) is 37.9. The summed E-state index contributed by atoms with van der Waals surface area (Å²) in [6.45, 7) is 3.92. The second-order valence-corrected chi connectivity index (χ2v) is 6.22. The minimum atomic E-state index is -0.405. The molecule has 1 aliphatic heterocycles. The first-order valence-corrected chi connectivity index (χ1v) is 8.59. The number of anilines is 2. The number of carbonyl (C=O) groups excluding carboxylic acids is 3. The van der Waals surface area contributed by atoms with Gasteiger partial charge in [-0.15, -0.1) is 0 Å². The largest absolute Gasteiger partial charge is 0.490 e. The van der Waals surface area contributed by atoms with Gasteiger partial charge in [-0.25, -0.2) is 0 Å². The molecule has 1 aliphatic rings. The highest BCUT2D eigenvalue weighted by Crippen LogP contribution is 2.31. The molecule has 0 unspecified atom stereocenters. The monoisotopic (exact) mass is 364 g/mol. The highest BCUT2D eigenvalue weighted by Gasteiger charge is 2.24. The summed E-state index contributed by atoms with van der Waals surface area (Å²) >= 11 is 0. The number of rotatable bonds is 4. The zero-order chi connectivity index (χ0) is 19.4.